The summed E-state index contributed by atoms with van der Waals surface area (Å²) >= 11 is 13.0. The van der Waals surface area contributed by atoms with E-state index in [0.29, 0.717) is 58.6 Å². The van der Waals surface area contributed by atoms with Crippen molar-refractivity contribution in [1.82, 2.24) is 19.8 Å². The molecule has 10 heteroatoms. The zero-order valence-corrected chi connectivity index (χ0v) is 26.2. The monoisotopic (exact) mass is 635 g/mol. The summed E-state index contributed by atoms with van der Waals surface area (Å²) in [5.41, 5.74) is 4.34. The Kier molecular flexibility index (Phi) is 8.07. The molecule has 0 amide bonds. The lowest BCUT2D eigenvalue weighted by atomic mass is 9.93. The van der Waals surface area contributed by atoms with Crippen LogP contribution < -0.4 is 5.32 Å². The molecule has 230 valence electrons. The molecule has 2 aliphatic heterocycles. The molecule has 4 atom stereocenters. The molecule has 2 aromatic heterocycles. The minimum atomic E-state index is -0.559. The zero-order valence-electron chi connectivity index (χ0n) is 24.7. The maximum absolute atomic E-state index is 16.9. The van der Waals surface area contributed by atoms with Gasteiger partial charge >= 0.3 is 0 Å². The molecule has 1 saturated carbocycles. The Morgan fingerprint density at radius 1 is 1.18 bits per heavy atom. The SMILES string of the molecule is Cc1nc2c(F)c(-c3cccc(Cl)c3Cl)c(CCC#N)cc2c2c1cc([C@H]1C[C@H](O)CCN1C(O)C1CC1)n2C1CCNC1. The summed E-state index contributed by atoms with van der Waals surface area (Å²) in [6.07, 6.45) is 3.60. The maximum atomic E-state index is 16.9. The molecule has 0 spiro atoms. The van der Waals surface area contributed by atoms with Gasteiger partial charge in [0.05, 0.1) is 33.8 Å². The van der Waals surface area contributed by atoms with Crippen molar-refractivity contribution in [2.24, 2.45) is 5.92 Å². The first kappa shape index (κ1) is 29.9. The Bertz CT molecular complexity index is 1790. The number of halogens is 3. The first-order valence-corrected chi connectivity index (χ1v) is 16.3. The van der Waals surface area contributed by atoms with Gasteiger partial charge in [-0.25, -0.2) is 9.37 Å². The number of nitriles is 1. The molecule has 3 fully saturated rings. The summed E-state index contributed by atoms with van der Waals surface area (Å²) < 4.78 is 19.2. The number of hydrogen-bond acceptors (Lipinski definition) is 6. The van der Waals surface area contributed by atoms with Crippen molar-refractivity contribution in [1.29, 1.82) is 5.26 Å². The van der Waals surface area contributed by atoms with Gasteiger partial charge in [0.1, 0.15) is 11.7 Å². The van der Waals surface area contributed by atoms with Crippen LogP contribution >= 0.6 is 23.2 Å². The third-order valence-corrected chi connectivity index (χ3v) is 10.6. The van der Waals surface area contributed by atoms with Crippen LogP contribution in [0.4, 0.5) is 4.39 Å². The molecule has 2 aromatic carbocycles. The Balaban J connectivity index is 1.52. The van der Waals surface area contributed by atoms with E-state index in [4.69, 9.17) is 28.2 Å². The van der Waals surface area contributed by atoms with Crippen LogP contribution in [0.15, 0.2) is 30.3 Å². The second-order valence-electron chi connectivity index (χ2n) is 12.6. The first-order valence-electron chi connectivity index (χ1n) is 15.6. The van der Waals surface area contributed by atoms with Crippen LogP contribution in [0.2, 0.25) is 10.0 Å². The van der Waals surface area contributed by atoms with Crippen molar-refractivity contribution in [3.8, 4) is 17.2 Å². The minimum Gasteiger partial charge on any atom is -0.393 e. The van der Waals surface area contributed by atoms with Crippen molar-refractivity contribution in [3.63, 3.8) is 0 Å². The highest BCUT2D eigenvalue weighted by Crippen LogP contribution is 2.46. The number of benzene rings is 2. The van der Waals surface area contributed by atoms with Gasteiger partial charge in [-0.15, -0.1) is 0 Å². The third-order valence-electron chi connectivity index (χ3n) is 9.78. The van der Waals surface area contributed by atoms with Crippen LogP contribution in [-0.4, -0.2) is 56.6 Å². The molecule has 44 heavy (non-hydrogen) atoms. The second kappa shape index (κ2) is 11.9. The van der Waals surface area contributed by atoms with E-state index >= 15 is 4.39 Å². The van der Waals surface area contributed by atoms with Gasteiger partial charge in [-0.2, -0.15) is 5.26 Å². The Morgan fingerprint density at radius 3 is 2.73 bits per heavy atom. The molecule has 4 aromatic rings. The average molecular weight is 637 g/mol. The molecule has 4 heterocycles. The number of aliphatic hydroxyl groups excluding tert-OH is 2. The number of aromatic nitrogens is 2. The summed E-state index contributed by atoms with van der Waals surface area (Å²) in [5, 5.41) is 37.4. The summed E-state index contributed by atoms with van der Waals surface area (Å²) in [6.45, 7) is 4.15. The quantitative estimate of drug-likeness (QED) is 0.206. The van der Waals surface area contributed by atoms with Gasteiger partial charge in [0.25, 0.3) is 0 Å². The smallest absolute Gasteiger partial charge is 0.157 e. The number of likely N-dealkylation sites (tertiary alicyclic amines) is 1. The van der Waals surface area contributed by atoms with Crippen LogP contribution in [0.25, 0.3) is 32.9 Å². The first-order chi connectivity index (χ1) is 21.3. The van der Waals surface area contributed by atoms with Gasteiger partial charge in [0, 0.05) is 58.8 Å². The van der Waals surface area contributed by atoms with E-state index in [1.807, 2.05) is 13.0 Å². The lowest BCUT2D eigenvalue weighted by molar-refractivity contribution is -0.0801. The van der Waals surface area contributed by atoms with Crippen LogP contribution in [0, 0.1) is 30.0 Å². The van der Waals surface area contributed by atoms with E-state index in [9.17, 15) is 15.5 Å². The zero-order chi connectivity index (χ0) is 30.7. The fourth-order valence-electron chi connectivity index (χ4n) is 7.43. The maximum Gasteiger partial charge on any atom is 0.157 e. The molecule has 2 saturated heterocycles. The highest BCUT2D eigenvalue weighted by molar-refractivity contribution is 6.43. The molecule has 3 N–H and O–H groups in total. The van der Waals surface area contributed by atoms with Gasteiger partial charge < -0.3 is 20.1 Å². The minimum absolute atomic E-state index is 0.110. The fraction of sp³-hybridized carbons (Fsp3) is 0.471. The molecule has 2 unspecified atom stereocenters. The van der Waals surface area contributed by atoms with E-state index in [0.717, 1.165) is 48.9 Å². The van der Waals surface area contributed by atoms with Gasteiger partial charge in [0.15, 0.2) is 5.82 Å². The standard InChI is InChI=1S/C34H36Cl2FN5O2/c1-18-24-16-28(27-15-22(43)10-13-41(27)34(44)19-7-8-19)42(21-9-12-39-17-21)33(24)25-14-20(4-3-11-38)29(31(37)32(25)40-18)23-5-2-6-26(35)30(23)36/h2,5-6,14,16,19,21-22,27,34,39,43-44H,3-4,7-10,12-13,15,17H2,1H3/t21?,22-,27-,34?/m1/s1. The molecule has 0 bridgehead atoms. The molecule has 1 aliphatic carbocycles. The molecule has 0 radical (unpaired) electrons. The molecular formula is C34H36Cl2FN5O2. The number of nitrogens with one attached hydrogen (secondary N) is 1. The predicted molar refractivity (Wildman–Crippen MR) is 171 cm³/mol. The van der Waals surface area contributed by atoms with E-state index in [2.05, 4.69) is 26.9 Å². The molecule has 7 rings (SSSR count). The average Bonchev–Trinajstić information content (AvgIpc) is 3.56. The van der Waals surface area contributed by atoms with E-state index in [-0.39, 0.29) is 35.0 Å². The van der Waals surface area contributed by atoms with E-state index < -0.39 is 18.1 Å². The van der Waals surface area contributed by atoms with Crippen LogP contribution in [-0.2, 0) is 6.42 Å². The number of hydrogen-bond donors (Lipinski definition) is 3. The van der Waals surface area contributed by atoms with Gasteiger partial charge in [-0.3, -0.25) is 4.90 Å². The number of aliphatic hydroxyl groups is 2. The molecule has 3 aliphatic rings. The second-order valence-corrected chi connectivity index (χ2v) is 13.4. The van der Waals surface area contributed by atoms with Crippen molar-refractivity contribution >= 4 is 45.0 Å². The van der Waals surface area contributed by atoms with Crippen molar-refractivity contribution in [2.45, 2.75) is 76.3 Å². The molecule has 7 nitrogen and oxygen atoms in total. The Labute approximate surface area is 266 Å². The van der Waals surface area contributed by atoms with Crippen LogP contribution in [0.3, 0.4) is 0 Å². The fourth-order valence-corrected chi connectivity index (χ4v) is 7.82. The summed E-state index contributed by atoms with van der Waals surface area (Å²) in [6, 6.07) is 11.4. The number of nitrogens with zero attached hydrogens (tertiary/aromatic N) is 4. The van der Waals surface area contributed by atoms with Crippen molar-refractivity contribution in [2.75, 3.05) is 19.6 Å². The summed E-state index contributed by atoms with van der Waals surface area (Å²) in [7, 11) is 0. The topological polar surface area (TPSA) is 97.3 Å². The number of rotatable bonds is 7. The van der Waals surface area contributed by atoms with E-state index in [1.54, 1.807) is 18.2 Å². The molecular weight excluding hydrogens is 600 g/mol. The highest BCUT2D eigenvalue weighted by Gasteiger charge is 2.42. The third kappa shape index (κ3) is 5.08. The highest BCUT2D eigenvalue weighted by atomic mass is 35.5. The normalized spacial score (nSPS) is 23.4. The summed E-state index contributed by atoms with van der Waals surface area (Å²) in [4.78, 5) is 7.01. The van der Waals surface area contributed by atoms with Crippen LogP contribution in [0.5, 0.6) is 0 Å². The largest absolute Gasteiger partial charge is 0.393 e. The lowest BCUT2D eigenvalue weighted by Gasteiger charge is -2.41. The number of aryl methyl sites for hydroxylation is 2. The summed E-state index contributed by atoms with van der Waals surface area (Å²) in [5.74, 6) is -0.223. The number of fused-ring (bicyclic) bond motifs is 3. The number of piperidine rings is 1. The van der Waals surface area contributed by atoms with Crippen molar-refractivity contribution in [3.05, 3.63) is 63.1 Å². The lowest BCUT2D eigenvalue weighted by Crippen LogP contribution is -2.46. The van der Waals surface area contributed by atoms with Gasteiger partial charge in [-0.05, 0) is 81.7 Å². The Hall–Kier alpha value is -2.77. The van der Waals surface area contributed by atoms with Gasteiger partial charge in [0.2, 0.25) is 0 Å². The predicted octanol–water partition coefficient (Wildman–Crippen LogP) is 6.83. The number of pyridine rings is 1. The van der Waals surface area contributed by atoms with E-state index in [1.165, 1.54) is 0 Å². The van der Waals surface area contributed by atoms with Crippen LogP contribution in [0.1, 0.15) is 67.6 Å². The van der Waals surface area contributed by atoms with Gasteiger partial charge in [-0.1, -0.05) is 35.3 Å². The Morgan fingerprint density at radius 2 is 2.00 bits per heavy atom. The van der Waals surface area contributed by atoms with Crippen molar-refractivity contribution < 1.29 is 14.6 Å².